The zero-order valence-corrected chi connectivity index (χ0v) is 13.4. The first-order valence-electron chi connectivity index (χ1n) is 8.06. The molecule has 2 unspecified atom stereocenters. The summed E-state index contributed by atoms with van der Waals surface area (Å²) in [7, 11) is 1.87. The lowest BCUT2D eigenvalue weighted by Crippen LogP contribution is -2.40. The van der Waals surface area contributed by atoms with Crippen LogP contribution in [-0.2, 0) is 6.54 Å². The third-order valence-corrected chi connectivity index (χ3v) is 5.09. The maximum Gasteiger partial charge on any atom is 0.193 e. The zero-order chi connectivity index (χ0) is 14.8. The summed E-state index contributed by atoms with van der Waals surface area (Å²) in [6.07, 6.45) is 5.59. The third-order valence-electron chi connectivity index (χ3n) is 5.09. The quantitative estimate of drug-likeness (QED) is 0.671. The first-order chi connectivity index (χ1) is 10.2. The van der Waals surface area contributed by atoms with Crippen LogP contribution in [0.25, 0.3) is 0 Å². The highest BCUT2D eigenvalue weighted by atomic mass is 16.5. The number of likely N-dealkylation sites (tertiary alicyclic amines) is 1. The Morgan fingerprint density at radius 2 is 1.95 bits per heavy atom. The molecule has 1 aromatic heterocycles. The summed E-state index contributed by atoms with van der Waals surface area (Å²) in [5.74, 6) is 3.66. The van der Waals surface area contributed by atoms with Gasteiger partial charge >= 0.3 is 0 Å². The number of aromatic nitrogens is 1. The molecule has 1 aliphatic carbocycles. The van der Waals surface area contributed by atoms with Gasteiger partial charge in [0.05, 0.1) is 5.69 Å². The Morgan fingerprint density at radius 1 is 1.29 bits per heavy atom. The maximum absolute atomic E-state index is 5.22. The molecule has 1 N–H and O–H groups in total. The summed E-state index contributed by atoms with van der Waals surface area (Å²) in [5.41, 5.74) is 2.11. The second-order valence-corrected chi connectivity index (χ2v) is 6.41. The highest BCUT2D eigenvalue weighted by molar-refractivity contribution is 5.80. The fourth-order valence-corrected chi connectivity index (χ4v) is 3.83. The predicted octanol–water partition coefficient (Wildman–Crippen LogP) is 2.49. The Morgan fingerprint density at radius 3 is 2.48 bits per heavy atom. The van der Waals surface area contributed by atoms with Crippen LogP contribution in [0.2, 0.25) is 0 Å². The van der Waals surface area contributed by atoms with Crippen molar-refractivity contribution in [1.82, 2.24) is 15.4 Å². The average molecular weight is 290 g/mol. The molecule has 5 nitrogen and oxygen atoms in total. The largest absolute Gasteiger partial charge is 0.361 e. The van der Waals surface area contributed by atoms with Crippen molar-refractivity contribution >= 4 is 5.96 Å². The number of nitrogens with one attached hydrogen (secondary N) is 1. The number of aryl methyl sites for hydroxylation is 2. The highest BCUT2D eigenvalue weighted by Crippen LogP contribution is 2.35. The molecule has 1 aliphatic heterocycles. The number of nitrogens with zero attached hydrogens (tertiary/aromatic N) is 3. The molecular formula is C16H26N4O. The van der Waals surface area contributed by atoms with Crippen molar-refractivity contribution in [1.29, 1.82) is 0 Å². The van der Waals surface area contributed by atoms with Gasteiger partial charge in [0.25, 0.3) is 0 Å². The van der Waals surface area contributed by atoms with Gasteiger partial charge in [-0.2, -0.15) is 0 Å². The van der Waals surface area contributed by atoms with Crippen molar-refractivity contribution in [3.05, 3.63) is 17.0 Å². The number of aliphatic imine (C=N–C) groups is 1. The van der Waals surface area contributed by atoms with Gasteiger partial charge in [-0.15, -0.1) is 0 Å². The number of rotatable bonds is 2. The molecule has 0 amide bonds. The molecule has 2 atom stereocenters. The molecule has 116 valence electrons. The van der Waals surface area contributed by atoms with Gasteiger partial charge in [0.1, 0.15) is 5.76 Å². The van der Waals surface area contributed by atoms with Crippen molar-refractivity contribution in [2.75, 3.05) is 20.1 Å². The van der Waals surface area contributed by atoms with E-state index < -0.39 is 0 Å². The van der Waals surface area contributed by atoms with Crippen molar-refractivity contribution in [2.45, 2.75) is 46.1 Å². The normalized spacial score (nSPS) is 26.0. The van der Waals surface area contributed by atoms with Crippen LogP contribution >= 0.6 is 0 Å². The van der Waals surface area contributed by atoms with Crippen LogP contribution in [0.4, 0.5) is 0 Å². The summed E-state index contributed by atoms with van der Waals surface area (Å²) >= 11 is 0. The van der Waals surface area contributed by atoms with Crippen LogP contribution in [0.1, 0.15) is 42.7 Å². The van der Waals surface area contributed by atoms with Gasteiger partial charge in [-0.1, -0.05) is 18.0 Å². The van der Waals surface area contributed by atoms with E-state index in [1.54, 1.807) is 0 Å². The SMILES string of the molecule is CN=C(NCc1c(C)noc1C)N1CC2CCCCC2C1. The molecule has 3 rings (SSSR count). The van der Waals surface area contributed by atoms with E-state index in [0.717, 1.165) is 54.4 Å². The molecule has 0 aromatic carbocycles. The van der Waals surface area contributed by atoms with Gasteiger partial charge in [0, 0.05) is 32.2 Å². The van der Waals surface area contributed by atoms with Crippen LogP contribution in [0, 0.1) is 25.7 Å². The third kappa shape index (κ3) is 2.92. The smallest absolute Gasteiger partial charge is 0.193 e. The minimum atomic E-state index is 0.736. The fraction of sp³-hybridized carbons (Fsp3) is 0.750. The molecule has 2 aliphatic rings. The molecule has 5 heteroatoms. The van der Waals surface area contributed by atoms with E-state index in [1.807, 2.05) is 20.9 Å². The number of fused-ring (bicyclic) bond motifs is 1. The fourth-order valence-electron chi connectivity index (χ4n) is 3.83. The maximum atomic E-state index is 5.22. The minimum absolute atomic E-state index is 0.736. The van der Waals surface area contributed by atoms with Gasteiger partial charge in [-0.05, 0) is 38.5 Å². The van der Waals surface area contributed by atoms with Crippen molar-refractivity contribution < 1.29 is 4.52 Å². The summed E-state index contributed by atoms with van der Waals surface area (Å²) < 4.78 is 5.22. The monoisotopic (exact) mass is 290 g/mol. The van der Waals surface area contributed by atoms with Crippen LogP contribution < -0.4 is 5.32 Å². The lowest BCUT2D eigenvalue weighted by Gasteiger charge is -2.22. The molecule has 0 radical (unpaired) electrons. The van der Waals surface area contributed by atoms with Crippen LogP contribution in [0.15, 0.2) is 9.52 Å². The summed E-state index contributed by atoms with van der Waals surface area (Å²) in [5, 5.41) is 7.49. The molecule has 1 saturated carbocycles. The van der Waals surface area contributed by atoms with Gasteiger partial charge in [0.2, 0.25) is 0 Å². The van der Waals surface area contributed by atoms with E-state index in [-0.39, 0.29) is 0 Å². The van der Waals surface area contributed by atoms with Crippen molar-refractivity contribution in [3.8, 4) is 0 Å². The van der Waals surface area contributed by atoms with Gasteiger partial charge in [-0.25, -0.2) is 0 Å². The van der Waals surface area contributed by atoms with E-state index in [0.29, 0.717) is 0 Å². The summed E-state index contributed by atoms with van der Waals surface area (Å²) in [4.78, 5) is 6.90. The molecular weight excluding hydrogens is 264 g/mol. The Balaban J connectivity index is 1.61. The van der Waals surface area contributed by atoms with E-state index in [9.17, 15) is 0 Å². The Hall–Kier alpha value is -1.52. The topological polar surface area (TPSA) is 53.7 Å². The van der Waals surface area contributed by atoms with E-state index >= 15 is 0 Å². The predicted molar refractivity (Wildman–Crippen MR) is 83.2 cm³/mol. The standard InChI is InChI=1S/C16H26N4O/c1-11-15(12(2)21-19-11)8-18-16(17-3)20-9-13-6-4-5-7-14(13)10-20/h13-14H,4-10H2,1-3H3,(H,17,18). The molecule has 21 heavy (non-hydrogen) atoms. The van der Waals surface area contributed by atoms with Crippen molar-refractivity contribution in [3.63, 3.8) is 0 Å². The molecule has 1 saturated heterocycles. The van der Waals surface area contributed by atoms with Gasteiger partial charge in [-0.3, -0.25) is 4.99 Å². The molecule has 2 heterocycles. The Labute approximate surface area is 126 Å². The first-order valence-corrected chi connectivity index (χ1v) is 8.06. The van der Waals surface area contributed by atoms with E-state index in [1.165, 1.54) is 25.7 Å². The second kappa shape index (κ2) is 6.08. The first kappa shape index (κ1) is 14.4. The summed E-state index contributed by atoms with van der Waals surface area (Å²) in [6.45, 7) is 7.00. The average Bonchev–Trinajstić information content (AvgIpc) is 3.05. The number of hydrogen-bond acceptors (Lipinski definition) is 3. The Bertz CT molecular complexity index is 489. The second-order valence-electron chi connectivity index (χ2n) is 6.41. The lowest BCUT2D eigenvalue weighted by molar-refractivity contribution is 0.299. The Kier molecular flexibility index (Phi) is 4.17. The highest BCUT2D eigenvalue weighted by Gasteiger charge is 2.35. The molecule has 2 fully saturated rings. The molecule has 1 aromatic rings. The number of hydrogen-bond donors (Lipinski definition) is 1. The van der Waals surface area contributed by atoms with Gasteiger partial charge in [0.15, 0.2) is 5.96 Å². The van der Waals surface area contributed by atoms with E-state index in [2.05, 4.69) is 20.4 Å². The number of guanidine groups is 1. The summed E-state index contributed by atoms with van der Waals surface area (Å²) in [6, 6.07) is 0. The van der Waals surface area contributed by atoms with Crippen molar-refractivity contribution in [2.24, 2.45) is 16.8 Å². The molecule has 0 spiro atoms. The van der Waals surface area contributed by atoms with Crippen LogP contribution in [-0.4, -0.2) is 36.2 Å². The minimum Gasteiger partial charge on any atom is -0.361 e. The lowest BCUT2D eigenvalue weighted by atomic mass is 9.82. The zero-order valence-electron chi connectivity index (χ0n) is 13.4. The van der Waals surface area contributed by atoms with Crippen LogP contribution in [0.5, 0.6) is 0 Å². The van der Waals surface area contributed by atoms with Gasteiger partial charge < -0.3 is 14.7 Å². The van der Waals surface area contributed by atoms with Crippen LogP contribution in [0.3, 0.4) is 0 Å². The molecule has 0 bridgehead atoms. The van der Waals surface area contributed by atoms with E-state index in [4.69, 9.17) is 4.52 Å².